The molecule has 2 heterocycles. The highest BCUT2D eigenvalue weighted by Crippen LogP contribution is 2.34. The van der Waals surface area contributed by atoms with Crippen molar-refractivity contribution in [2.24, 2.45) is 0 Å². The van der Waals surface area contributed by atoms with Crippen molar-refractivity contribution >= 4 is 23.3 Å². The Kier molecular flexibility index (Phi) is 6.21. The zero-order valence-electron chi connectivity index (χ0n) is 18.0. The fourth-order valence-electron chi connectivity index (χ4n) is 3.68. The van der Waals surface area contributed by atoms with E-state index < -0.39 is 5.92 Å². The summed E-state index contributed by atoms with van der Waals surface area (Å²) in [5.41, 5.74) is 2.08. The summed E-state index contributed by atoms with van der Waals surface area (Å²) < 4.78 is 34.3. The van der Waals surface area contributed by atoms with Gasteiger partial charge in [0.15, 0.2) is 5.69 Å². The molecule has 3 aromatic rings. The second-order valence-electron chi connectivity index (χ2n) is 7.59. The highest BCUT2D eigenvalue weighted by Gasteiger charge is 2.38. The van der Waals surface area contributed by atoms with E-state index in [0.717, 1.165) is 11.9 Å². The molecule has 1 saturated heterocycles. The monoisotopic (exact) mass is 451 g/mol. The maximum atomic E-state index is 13.6. The first-order valence-corrected chi connectivity index (χ1v) is 10.3. The van der Waals surface area contributed by atoms with Gasteiger partial charge < -0.3 is 20.4 Å². The number of nitrogens with zero attached hydrogens (tertiary/aromatic N) is 3. The molecule has 0 spiro atoms. The molecule has 0 amide bonds. The number of hydrogen-bond acceptors (Lipinski definition) is 6. The molecule has 2 aromatic carbocycles. The molecule has 0 bridgehead atoms. The van der Waals surface area contributed by atoms with Crippen LogP contribution in [0.5, 0.6) is 5.75 Å². The molecule has 0 saturated carbocycles. The Labute approximate surface area is 189 Å². The van der Waals surface area contributed by atoms with Gasteiger partial charge in [0.1, 0.15) is 11.4 Å². The molecule has 1 aromatic heterocycles. The van der Waals surface area contributed by atoms with Gasteiger partial charge in [0.2, 0.25) is 5.43 Å². The van der Waals surface area contributed by atoms with Gasteiger partial charge in [-0.2, -0.15) is 5.10 Å². The summed E-state index contributed by atoms with van der Waals surface area (Å²) in [7, 11) is 1.49. The Morgan fingerprint density at radius 3 is 2.67 bits per heavy atom. The van der Waals surface area contributed by atoms with Crippen molar-refractivity contribution in [3.8, 4) is 11.4 Å². The number of nitrogens with one attached hydrogen (secondary N) is 2. The fraction of sp³-hybridized carbons (Fsp3) is 0.208. The number of anilines is 2. The minimum absolute atomic E-state index is 0.121. The van der Waals surface area contributed by atoms with Crippen molar-refractivity contribution in [3.05, 3.63) is 82.8 Å². The summed E-state index contributed by atoms with van der Waals surface area (Å²) in [5.74, 6) is -2.27. The van der Waals surface area contributed by atoms with Crippen molar-refractivity contribution in [3.63, 3.8) is 0 Å². The van der Waals surface area contributed by atoms with Gasteiger partial charge in [0.25, 0.3) is 5.92 Å². The molecule has 9 heteroatoms. The summed E-state index contributed by atoms with van der Waals surface area (Å²) in [6.07, 6.45) is 3.86. The minimum Gasteiger partial charge on any atom is -0.494 e. The number of aromatic nitrogens is 2. The van der Waals surface area contributed by atoms with Gasteiger partial charge in [0.05, 0.1) is 19.4 Å². The molecule has 0 unspecified atom stereocenters. The topological polar surface area (TPSA) is 83.2 Å². The molecule has 0 aliphatic carbocycles. The van der Waals surface area contributed by atoms with E-state index in [2.05, 4.69) is 10.4 Å². The van der Waals surface area contributed by atoms with E-state index >= 15 is 0 Å². The summed E-state index contributed by atoms with van der Waals surface area (Å²) in [5, 5.41) is 15.1. The quantitative estimate of drug-likeness (QED) is 0.527. The van der Waals surface area contributed by atoms with Gasteiger partial charge in [-0.25, -0.2) is 13.5 Å². The number of alkyl halides is 2. The number of benzene rings is 2. The van der Waals surface area contributed by atoms with Crippen molar-refractivity contribution in [2.45, 2.75) is 12.3 Å². The van der Waals surface area contributed by atoms with Crippen LogP contribution in [-0.4, -0.2) is 42.1 Å². The number of allylic oxidation sites excluding steroid dienone is 1. The lowest BCUT2D eigenvalue weighted by molar-refractivity contribution is 0.0257. The predicted molar refractivity (Wildman–Crippen MR) is 125 cm³/mol. The summed E-state index contributed by atoms with van der Waals surface area (Å²) in [6, 6.07) is 15.8. The van der Waals surface area contributed by atoms with Crippen LogP contribution < -0.4 is 20.4 Å². The molecule has 2 N–H and O–H groups in total. The van der Waals surface area contributed by atoms with Gasteiger partial charge in [-0.3, -0.25) is 4.79 Å². The first kappa shape index (κ1) is 22.2. The Morgan fingerprint density at radius 2 is 2.00 bits per heavy atom. The van der Waals surface area contributed by atoms with Crippen LogP contribution in [0.1, 0.15) is 12.1 Å². The second-order valence-corrected chi connectivity index (χ2v) is 7.59. The molecule has 4 rings (SSSR count). The van der Waals surface area contributed by atoms with Crippen molar-refractivity contribution in [1.29, 1.82) is 5.41 Å². The van der Waals surface area contributed by atoms with Crippen LogP contribution in [-0.2, 0) is 0 Å². The third-order valence-corrected chi connectivity index (χ3v) is 5.31. The van der Waals surface area contributed by atoms with Crippen LogP contribution >= 0.6 is 0 Å². The summed E-state index contributed by atoms with van der Waals surface area (Å²) in [4.78, 5) is 14.2. The number of rotatable bonds is 7. The molecule has 1 aliphatic rings. The molecular weight excluding hydrogens is 428 g/mol. The van der Waals surface area contributed by atoms with Gasteiger partial charge in [0, 0.05) is 48.9 Å². The highest BCUT2D eigenvalue weighted by molar-refractivity contribution is 5.86. The van der Waals surface area contributed by atoms with Gasteiger partial charge in [-0.15, -0.1) is 0 Å². The number of ether oxygens (including phenoxy) is 1. The molecule has 1 fully saturated rings. The minimum atomic E-state index is -2.70. The zero-order chi connectivity index (χ0) is 23.4. The van der Waals surface area contributed by atoms with Gasteiger partial charge in [-0.05, 0) is 30.3 Å². The first-order chi connectivity index (χ1) is 15.9. The zero-order valence-corrected chi connectivity index (χ0v) is 18.0. The van der Waals surface area contributed by atoms with Gasteiger partial charge >= 0.3 is 0 Å². The van der Waals surface area contributed by atoms with Crippen LogP contribution in [0.4, 0.5) is 20.2 Å². The Hall–Kier alpha value is -4.01. The van der Waals surface area contributed by atoms with Crippen molar-refractivity contribution in [2.75, 3.05) is 30.4 Å². The van der Waals surface area contributed by atoms with Crippen LogP contribution in [0.25, 0.3) is 11.4 Å². The van der Waals surface area contributed by atoms with Crippen LogP contribution in [0.15, 0.2) is 71.7 Å². The van der Waals surface area contributed by atoms with E-state index in [1.54, 1.807) is 23.1 Å². The van der Waals surface area contributed by atoms with E-state index in [1.165, 1.54) is 30.1 Å². The maximum absolute atomic E-state index is 13.6. The third kappa shape index (κ3) is 4.92. The summed E-state index contributed by atoms with van der Waals surface area (Å²) in [6.45, 7) is -0.0717. The normalized spacial score (nSPS) is 15.4. The average Bonchev–Trinajstić information content (AvgIpc) is 3.19. The smallest absolute Gasteiger partial charge is 0.266 e. The number of hydrogen-bond donors (Lipinski definition) is 2. The third-order valence-electron chi connectivity index (χ3n) is 5.31. The Morgan fingerprint density at radius 1 is 1.21 bits per heavy atom. The Bertz CT molecular complexity index is 1240. The van der Waals surface area contributed by atoms with Crippen LogP contribution in [0.2, 0.25) is 0 Å². The molecule has 170 valence electrons. The van der Waals surface area contributed by atoms with E-state index in [9.17, 15) is 13.6 Å². The Balaban J connectivity index is 1.70. The summed E-state index contributed by atoms with van der Waals surface area (Å²) >= 11 is 0. The van der Waals surface area contributed by atoms with Crippen LogP contribution in [0.3, 0.4) is 0 Å². The fourth-order valence-corrected chi connectivity index (χ4v) is 3.68. The molecule has 7 nitrogen and oxygen atoms in total. The molecule has 1 aliphatic heterocycles. The lowest BCUT2D eigenvalue weighted by Crippen LogP contribution is -2.25. The van der Waals surface area contributed by atoms with E-state index in [-0.39, 0.29) is 30.6 Å². The molecule has 0 radical (unpaired) electrons. The largest absolute Gasteiger partial charge is 0.494 e. The van der Waals surface area contributed by atoms with E-state index in [1.807, 2.05) is 30.3 Å². The number of methoxy groups -OCH3 is 1. The van der Waals surface area contributed by atoms with Crippen molar-refractivity contribution < 1.29 is 13.5 Å². The SMILES string of the molecule is COc1cc(N2CCC(F)(F)C2)ccc1-n1ccc(=O)c(/C(=C/C=N)Nc2ccccc2)n1. The van der Waals surface area contributed by atoms with E-state index in [4.69, 9.17) is 10.1 Å². The predicted octanol–water partition coefficient (Wildman–Crippen LogP) is 4.19. The second kappa shape index (κ2) is 9.23. The molecule has 33 heavy (non-hydrogen) atoms. The number of halogens is 2. The van der Waals surface area contributed by atoms with Gasteiger partial charge in [-0.1, -0.05) is 18.2 Å². The molecular formula is C24H23F2N5O2. The highest BCUT2D eigenvalue weighted by atomic mass is 19.3. The lowest BCUT2D eigenvalue weighted by atomic mass is 10.2. The first-order valence-electron chi connectivity index (χ1n) is 10.3. The molecule has 0 atom stereocenters. The van der Waals surface area contributed by atoms with Crippen LogP contribution in [0, 0.1) is 5.41 Å². The standard InChI is InChI=1S/C24H23F2N5O2/c1-33-22-15-18(30-14-11-24(25,26)16-30)7-8-20(22)31-13-10-21(32)23(29-31)19(9-12-27)28-17-5-3-2-4-6-17/h2-10,12-13,15,27-28H,11,14,16H2,1H3/b19-9-,27-12?. The van der Waals surface area contributed by atoms with E-state index in [0.29, 0.717) is 22.8 Å². The average molecular weight is 451 g/mol. The maximum Gasteiger partial charge on any atom is 0.266 e. The lowest BCUT2D eigenvalue weighted by Gasteiger charge is -2.20. The number of para-hydroxylation sites is 1. The van der Waals surface area contributed by atoms with Crippen molar-refractivity contribution in [1.82, 2.24) is 9.78 Å².